The molecule has 1 unspecified atom stereocenters. The number of carbonyl (C=O) groups is 1. The van der Waals surface area contributed by atoms with E-state index in [4.69, 9.17) is 5.26 Å². The van der Waals surface area contributed by atoms with Crippen molar-refractivity contribution >= 4 is 11.6 Å². The van der Waals surface area contributed by atoms with Crippen LogP contribution in [-0.4, -0.2) is 12.5 Å². The summed E-state index contributed by atoms with van der Waals surface area (Å²) in [6, 6.07) is 18.2. The SMILES string of the molecule is CC(NCc1ccc(C#N)cc1)c1ccc(N2CCCC2=O)cc1. The predicted molar refractivity (Wildman–Crippen MR) is 94.4 cm³/mol. The lowest BCUT2D eigenvalue weighted by molar-refractivity contribution is -0.117. The molecule has 2 aromatic carbocycles. The van der Waals surface area contributed by atoms with Crippen LogP contribution in [0.15, 0.2) is 48.5 Å². The van der Waals surface area contributed by atoms with Gasteiger partial charge in [0, 0.05) is 31.2 Å². The monoisotopic (exact) mass is 319 g/mol. The molecule has 0 radical (unpaired) electrons. The molecule has 2 aromatic rings. The van der Waals surface area contributed by atoms with Crippen LogP contribution >= 0.6 is 0 Å². The predicted octanol–water partition coefficient (Wildman–Crippen LogP) is 3.54. The standard InChI is InChI=1S/C20H21N3O/c1-15(22-14-17-6-4-16(13-21)5-7-17)18-8-10-19(11-9-18)23-12-2-3-20(23)24/h4-11,15,22H,2-3,12,14H2,1H3. The van der Waals surface area contributed by atoms with Crippen molar-refractivity contribution in [2.24, 2.45) is 0 Å². The molecule has 4 nitrogen and oxygen atoms in total. The van der Waals surface area contributed by atoms with Gasteiger partial charge in [0.1, 0.15) is 0 Å². The molecule has 1 aliphatic rings. The van der Waals surface area contributed by atoms with Crippen LogP contribution in [0, 0.1) is 11.3 Å². The highest BCUT2D eigenvalue weighted by Crippen LogP contribution is 2.23. The molecule has 3 rings (SSSR count). The molecule has 1 aliphatic heterocycles. The van der Waals surface area contributed by atoms with E-state index in [1.54, 1.807) is 0 Å². The molecule has 1 fully saturated rings. The number of hydrogen-bond donors (Lipinski definition) is 1. The molecule has 24 heavy (non-hydrogen) atoms. The fourth-order valence-corrected chi connectivity index (χ4v) is 2.95. The van der Waals surface area contributed by atoms with E-state index in [-0.39, 0.29) is 11.9 Å². The van der Waals surface area contributed by atoms with Gasteiger partial charge in [-0.05, 0) is 48.7 Å². The second kappa shape index (κ2) is 7.29. The lowest BCUT2D eigenvalue weighted by Gasteiger charge is -2.18. The van der Waals surface area contributed by atoms with E-state index in [0.717, 1.165) is 30.8 Å². The lowest BCUT2D eigenvalue weighted by Crippen LogP contribution is -2.23. The van der Waals surface area contributed by atoms with Gasteiger partial charge in [-0.25, -0.2) is 0 Å². The maximum atomic E-state index is 11.8. The Kier molecular flexibility index (Phi) is 4.93. The number of nitriles is 1. The molecule has 1 N–H and O–H groups in total. The Bertz CT molecular complexity index is 744. The zero-order valence-electron chi connectivity index (χ0n) is 13.8. The maximum Gasteiger partial charge on any atom is 0.227 e. The van der Waals surface area contributed by atoms with Gasteiger partial charge in [-0.1, -0.05) is 24.3 Å². The molecular formula is C20H21N3O. The first-order valence-corrected chi connectivity index (χ1v) is 8.30. The van der Waals surface area contributed by atoms with Crippen molar-refractivity contribution in [2.75, 3.05) is 11.4 Å². The molecular weight excluding hydrogens is 298 g/mol. The highest BCUT2D eigenvalue weighted by molar-refractivity contribution is 5.95. The van der Waals surface area contributed by atoms with Crippen LogP contribution in [0.1, 0.15) is 42.5 Å². The van der Waals surface area contributed by atoms with Crippen LogP contribution in [0.3, 0.4) is 0 Å². The minimum atomic E-state index is 0.212. The van der Waals surface area contributed by atoms with Crippen molar-refractivity contribution in [3.63, 3.8) is 0 Å². The van der Waals surface area contributed by atoms with Crippen LogP contribution in [0.5, 0.6) is 0 Å². The summed E-state index contributed by atoms with van der Waals surface area (Å²) in [6.07, 6.45) is 1.60. The van der Waals surface area contributed by atoms with Gasteiger partial charge in [0.15, 0.2) is 0 Å². The minimum Gasteiger partial charge on any atom is -0.312 e. The van der Waals surface area contributed by atoms with Crippen molar-refractivity contribution in [3.05, 3.63) is 65.2 Å². The van der Waals surface area contributed by atoms with Crippen LogP contribution in [0.2, 0.25) is 0 Å². The van der Waals surface area contributed by atoms with Crippen molar-refractivity contribution in [3.8, 4) is 6.07 Å². The van der Waals surface area contributed by atoms with Crippen LogP contribution in [0.4, 0.5) is 5.69 Å². The van der Waals surface area contributed by atoms with E-state index in [0.29, 0.717) is 12.0 Å². The van der Waals surface area contributed by atoms with E-state index < -0.39 is 0 Å². The molecule has 4 heteroatoms. The van der Waals surface area contributed by atoms with Gasteiger partial charge >= 0.3 is 0 Å². The molecule has 0 aliphatic carbocycles. The Hall–Kier alpha value is -2.64. The average Bonchev–Trinajstić information content (AvgIpc) is 3.06. The van der Waals surface area contributed by atoms with Gasteiger partial charge in [-0.3, -0.25) is 4.79 Å². The smallest absolute Gasteiger partial charge is 0.227 e. The number of rotatable bonds is 5. The van der Waals surface area contributed by atoms with Gasteiger partial charge in [0.25, 0.3) is 0 Å². The van der Waals surface area contributed by atoms with Gasteiger partial charge < -0.3 is 10.2 Å². The van der Waals surface area contributed by atoms with E-state index >= 15 is 0 Å². The summed E-state index contributed by atoms with van der Waals surface area (Å²) in [4.78, 5) is 13.7. The Morgan fingerprint density at radius 2 is 1.88 bits per heavy atom. The number of amides is 1. The van der Waals surface area contributed by atoms with Crippen molar-refractivity contribution in [1.29, 1.82) is 5.26 Å². The molecule has 1 saturated heterocycles. The molecule has 0 spiro atoms. The molecule has 122 valence electrons. The number of nitrogens with one attached hydrogen (secondary N) is 1. The molecule has 0 aromatic heterocycles. The fraction of sp³-hybridized carbons (Fsp3) is 0.300. The van der Waals surface area contributed by atoms with E-state index in [1.165, 1.54) is 5.56 Å². The Labute approximate surface area is 142 Å². The van der Waals surface area contributed by atoms with Crippen molar-refractivity contribution < 1.29 is 4.79 Å². The summed E-state index contributed by atoms with van der Waals surface area (Å²) in [6.45, 7) is 3.70. The van der Waals surface area contributed by atoms with Crippen molar-refractivity contribution in [1.82, 2.24) is 5.32 Å². The first kappa shape index (κ1) is 16.2. The number of carbonyl (C=O) groups excluding carboxylic acids is 1. The summed E-state index contributed by atoms with van der Waals surface area (Å²) in [5.74, 6) is 0.217. The second-order valence-electron chi connectivity index (χ2n) is 6.15. The summed E-state index contributed by atoms with van der Waals surface area (Å²) >= 11 is 0. The molecule has 1 heterocycles. The fourth-order valence-electron chi connectivity index (χ4n) is 2.95. The van der Waals surface area contributed by atoms with Gasteiger partial charge in [-0.15, -0.1) is 0 Å². The zero-order valence-corrected chi connectivity index (χ0v) is 13.8. The quantitative estimate of drug-likeness (QED) is 0.917. The molecule has 1 amide bonds. The third-order valence-corrected chi connectivity index (χ3v) is 4.47. The van der Waals surface area contributed by atoms with E-state index in [2.05, 4.69) is 30.4 Å². The normalized spacial score (nSPS) is 15.3. The highest BCUT2D eigenvalue weighted by Gasteiger charge is 2.21. The number of anilines is 1. The average molecular weight is 319 g/mol. The first-order valence-electron chi connectivity index (χ1n) is 8.30. The van der Waals surface area contributed by atoms with Crippen LogP contribution in [0.25, 0.3) is 0 Å². The van der Waals surface area contributed by atoms with Gasteiger partial charge in [0.2, 0.25) is 5.91 Å². The Morgan fingerprint density at radius 1 is 1.17 bits per heavy atom. The van der Waals surface area contributed by atoms with Crippen LogP contribution in [-0.2, 0) is 11.3 Å². The zero-order chi connectivity index (χ0) is 16.9. The number of hydrogen-bond acceptors (Lipinski definition) is 3. The largest absolute Gasteiger partial charge is 0.312 e. The van der Waals surface area contributed by atoms with Gasteiger partial charge in [-0.2, -0.15) is 5.26 Å². The summed E-state index contributed by atoms with van der Waals surface area (Å²) in [5, 5.41) is 12.3. The minimum absolute atomic E-state index is 0.212. The summed E-state index contributed by atoms with van der Waals surface area (Å²) < 4.78 is 0. The summed E-state index contributed by atoms with van der Waals surface area (Å²) in [7, 11) is 0. The van der Waals surface area contributed by atoms with Gasteiger partial charge in [0.05, 0.1) is 11.6 Å². The second-order valence-corrected chi connectivity index (χ2v) is 6.15. The highest BCUT2D eigenvalue weighted by atomic mass is 16.2. The first-order chi connectivity index (χ1) is 11.7. The number of nitrogens with zero attached hydrogens (tertiary/aromatic N) is 2. The molecule has 0 bridgehead atoms. The Balaban J connectivity index is 1.59. The third-order valence-electron chi connectivity index (χ3n) is 4.47. The topological polar surface area (TPSA) is 56.1 Å². The molecule has 1 atom stereocenters. The molecule has 0 saturated carbocycles. The van der Waals surface area contributed by atoms with E-state index in [9.17, 15) is 4.79 Å². The number of benzene rings is 2. The van der Waals surface area contributed by atoms with E-state index in [1.807, 2.05) is 41.3 Å². The Morgan fingerprint density at radius 3 is 2.46 bits per heavy atom. The van der Waals surface area contributed by atoms with Crippen molar-refractivity contribution in [2.45, 2.75) is 32.4 Å². The third kappa shape index (κ3) is 3.64. The summed E-state index contributed by atoms with van der Waals surface area (Å²) in [5.41, 5.74) is 4.01. The lowest BCUT2D eigenvalue weighted by atomic mass is 10.1. The van der Waals surface area contributed by atoms with Crippen LogP contribution < -0.4 is 10.2 Å². The maximum absolute atomic E-state index is 11.8.